The fourth-order valence-corrected chi connectivity index (χ4v) is 15.9. The molecule has 1 spiro atoms. The molecule has 2 aliphatic rings. The van der Waals surface area contributed by atoms with Crippen LogP contribution in [0.25, 0.3) is 131 Å². The fraction of sp³-hybridized carbons (Fsp3) is 0.0133. The molecule has 0 N–H and O–H groups in total. The van der Waals surface area contributed by atoms with Gasteiger partial charge in [-0.2, -0.15) is 10.5 Å². The van der Waals surface area contributed by atoms with Gasteiger partial charge in [0.1, 0.15) is 0 Å². The number of nitriles is 2. The van der Waals surface area contributed by atoms with Crippen LogP contribution in [0.2, 0.25) is 0 Å². The molecule has 6 aromatic heterocycles. The number of nitrogens with zero attached hydrogens (tertiary/aromatic N) is 10. The molecule has 1 aliphatic carbocycles. The third-order valence-electron chi connectivity index (χ3n) is 18.0. The average Bonchev–Trinajstić information content (AvgIpc) is 1.49. The molecule has 0 radical (unpaired) electrons. The molecule has 1 atom stereocenters. The number of para-hydroxylation sites is 4. The van der Waals surface area contributed by atoms with Crippen LogP contribution in [0.15, 0.2) is 241 Å². The molecular formula is C75H38N10S. The van der Waals surface area contributed by atoms with Crippen LogP contribution < -0.4 is 0 Å². The number of fused-ring (bicyclic) bond motifs is 21. The molecule has 1 unspecified atom stereocenters. The molecule has 0 bridgehead atoms. The van der Waals surface area contributed by atoms with E-state index < -0.39 is 5.41 Å². The van der Waals surface area contributed by atoms with Gasteiger partial charge in [0.2, 0.25) is 0 Å². The van der Waals surface area contributed by atoms with Gasteiger partial charge in [0.05, 0.1) is 132 Å². The molecule has 11 heteroatoms. The van der Waals surface area contributed by atoms with Crippen molar-refractivity contribution in [1.29, 1.82) is 10.5 Å². The third-order valence-corrected chi connectivity index (χ3v) is 19.2. The fourth-order valence-electron chi connectivity index (χ4n) is 14.5. The quantitative estimate of drug-likeness (QED) is 0.163. The van der Waals surface area contributed by atoms with Crippen molar-refractivity contribution in [1.82, 2.24) is 28.2 Å². The van der Waals surface area contributed by atoms with Crippen molar-refractivity contribution >= 4 is 110 Å². The second-order valence-corrected chi connectivity index (χ2v) is 23.1. The van der Waals surface area contributed by atoms with Gasteiger partial charge in [-0.05, 0) is 131 Å². The van der Waals surface area contributed by atoms with Crippen LogP contribution in [0.3, 0.4) is 0 Å². The summed E-state index contributed by atoms with van der Waals surface area (Å²) in [6, 6.07) is 80.4. The van der Waals surface area contributed by atoms with E-state index in [1.165, 1.54) is 0 Å². The highest BCUT2D eigenvalue weighted by Crippen LogP contribution is 2.64. The molecule has 10 aromatic carbocycles. The van der Waals surface area contributed by atoms with E-state index in [-0.39, 0.29) is 0 Å². The molecule has 0 saturated carbocycles. The van der Waals surface area contributed by atoms with E-state index in [0.717, 1.165) is 153 Å². The lowest BCUT2D eigenvalue weighted by Gasteiger charge is -2.41. The predicted molar refractivity (Wildman–Crippen MR) is 343 cm³/mol. The van der Waals surface area contributed by atoms with Gasteiger partial charge in [-0.25, -0.2) is 9.69 Å². The Hall–Kier alpha value is -12.0. The van der Waals surface area contributed by atoms with Crippen LogP contribution in [0.5, 0.6) is 0 Å². The summed E-state index contributed by atoms with van der Waals surface area (Å²) in [6.07, 6.45) is 3.94. The first kappa shape index (κ1) is 47.6. The standard InChI is InChI=1S/C75H38N10S/c1-78-45-27-31-66-55(35-45)51-15-4-8-20-62(51)83(66)48-38-60-72(81-42-48)71-59(37-47(41-80-71)82-61-19-7-3-13-49(61)53-33-43(39-76)25-29-65(53)82)75(60)57-17-11-23-69(84-63-21-9-5-14-50(63)54-34-44(40-77)26-30-67(54)84)73(57)86-74-58(75)18-12-24-70(74)85-64-22-10-6-16-52(64)56-36-46(79-2)28-32-68(56)85/h3-38,41-42H. The second kappa shape index (κ2) is 17.5. The number of hydrogen-bond donors (Lipinski definition) is 0. The smallest absolute Gasteiger partial charge is 0.188 e. The monoisotopic (exact) mass is 1110 g/mol. The van der Waals surface area contributed by atoms with E-state index >= 15 is 0 Å². The van der Waals surface area contributed by atoms with Crippen LogP contribution in [0, 0.1) is 35.8 Å². The Morgan fingerprint density at radius 1 is 0.360 bits per heavy atom. The van der Waals surface area contributed by atoms with Crippen molar-refractivity contribution in [2.75, 3.05) is 0 Å². The van der Waals surface area contributed by atoms with Crippen molar-refractivity contribution in [3.05, 3.63) is 287 Å². The number of benzene rings is 10. The van der Waals surface area contributed by atoms with Crippen LogP contribution >= 0.6 is 11.8 Å². The molecule has 86 heavy (non-hydrogen) atoms. The van der Waals surface area contributed by atoms with Gasteiger partial charge in [0.15, 0.2) is 11.4 Å². The second-order valence-electron chi connectivity index (χ2n) is 22.1. The van der Waals surface area contributed by atoms with E-state index in [1.54, 1.807) is 11.8 Å². The van der Waals surface area contributed by atoms with E-state index in [4.69, 9.17) is 23.1 Å². The molecule has 0 amide bonds. The molecule has 10 nitrogen and oxygen atoms in total. The molecule has 7 heterocycles. The molecule has 394 valence electrons. The van der Waals surface area contributed by atoms with Gasteiger partial charge < -0.3 is 18.3 Å². The Kier molecular flexibility index (Phi) is 9.70. The largest absolute Gasteiger partial charge is 0.308 e. The lowest BCUT2D eigenvalue weighted by Crippen LogP contribution is -2.33. The van der Waals surface area contributed by atoms with Gasteiger partial charge in [-0.15, -0.1) is 0 Å². The predicted octanol–water partition coefficient (Wildman–Crippen LogP) is 18.5. The summed E-state index contributed by atoms with van der Waals surface area (Å²) in [5, 5.41) is 28.6. The van der Waals surface area contributed by atoms with Gasteiger partial charge in [-0.1, -0.05) is 121 Å². The molecular weight excluding hydrogens is 1070 g/mol. The minimum absolute atomic E-state index is 0.570. The van der Waals surface area contributed by atoms with E-state index in [2.05, 4.69) is 198 Å². The lowest BCUT2D eigenvalue weighted by atomic mass is 9.67. The first-order chi connectivity index (χ1) is 42.5. The maximum Gasteiger partial charge on any atom is 0.188 e. The van der Waals surface area contributed by atoms with Gasteiger partial charge in [0.25, 0.3) is 0 Å². The van der Waals surface area contributed by atoms with Crippen LogP contribution in [-0.4, -0.2) is 28.2 Å². The van der Waals surface area contributed by atoms with E-state index in [0.29, 0.717) is 22.5 Å². The highest BCUT2D eigenvalue weighted by Gasteiger charge is 2.53. The Balaban J connectivity index is 1.02. The van der Waals surface area contributed by atoms with Crippen molar-refractivity contribution in [2.45, 2.75) is 15.2 Å². The van der Waals surface area contributed by atoms with Crippen LogP contribution in [0.1, 0.15) is 33.4 Å². The summed E-state index contributed by atoms with van der Waals surface area (Å²) in [4.78, 5) is 21.1. The maximum absolute atomic E-state index is 10.3. The minimum Gasteiger partial charge on any atom is -0.308 e. The third kappa shape index (κ3) is 6.20. The van der Waals surface area contributed by atoms with Gasteiger partial charge in [-0.3, -0.25) is 9.97 Å². The number of aromatic nitrogens is 6. The Bertz CT molecular complexity index is 5600. The number of rotatable bonds is 4. The Labute approximate surface area is 494 Å². The van der Waals surface area contributed by atoms with E-state index in [9.17, 15) is 10.5 Å². The zero-order valence-electron chi connectivity index (χ0n) is 45.3. The van der Waals surface area contributed by atoms with Crippen LogP contribution in [0.4, 0.5) is 11.4 Å². The SMILES string of the molecule is [C-]#[N+]c1ccc2c(c1)c1ccccc1n2-c1cnc2c(c1)C1(c3cc(-n4c5ccccc5c5cc(C#N)ccc54)cnc3-2)c2cccc(-n3c4ccccc4c4cc(C#N)ccc43)c2Sc2c(-n3c4ccccc4c4cc([N+]#[C-])ccc43)cccc21. The zero-order chi connectivity index (χ0) is 57.1. The maximum atomic E-state index is 10.3. The number of pyridine rings is 2. The number of hydrogen-bond acceptors (Lipinski definition) is 5. The summed E-state index contributed by atoms with van der Waals surface area (Å²) < 4.78 is 9.30. The summed E-state index contributed by atoms with van der Waals surface area (Å²) >= 11 is 1.77. The minimum atomic E-state index is -1.11. The lowest BCUT2D eigenvalue weighted by molar-refractivity contribution is 0.713. The van der Waals surface area contributed by atoms with Crippen molar-refractivity contribution in [2.24, 2.45) is 0 Å². The normalized spacial score (nSPS) is 14.0. The van der Waals surface area contributed by atoms with Crippen molar-refractivity contribution in [3.63, 3.8) is 0 Å². The average molecular weight is 1110 g/mol. The topological polar surface area (TPSA) is 102 Å². The van der Waals surface area contributed by atoms with Gasteiger partial charge >= 0.3 is 0 Å². The van der Waals surface area contributed by atoms with Gasteiger partial charge in [0, 0.05) is 53.2 Å². The summed E-state index contributed by atoms with van der Waals surface area (Å²) in [6.45, 7) is 16.1. The molecule has 18 rings (SSSR count). The Morgan fingerprint density at radius 2 is 0.721 bits per heavy atom. The molecule has 16 aromatic rings. The highest BCUT2D eigenvalue weighted by molar-refractivity contribution is 7.99. The summed E-state index contributed by atoms with van der Waals surface area (Å²) in [7, 11) is 0. The first-order valence-electron chi connectivity index (χ1n) is 28.1. The molecule has 1 aliphatic heterocycles. The van der Waals surface area contributed by atoms with Crippen molar-refractivity contribution in [3.8, 4) is 46.3 Å². The van der Waals surface area contributed by atoms with E-state index in [1.807, 2.05) is 73.1 Å². The van der Waals surface area contributed by atoms with Crippen LogP contribution in [-0.2, 0) is 5.41 Å². The highest BCUT2D eigenvalue weighted by atomic mass is 32.2. The Morgan fingerprint density at radius 3 is 1.13 bits per heavy atom. The summed E-state index contributed by atoms with van der Waals surface area (Å²) in [5.41, 5.74) is 18.3. The first-order valence-corrected chi connectivity index (χ1v) is 28.9. The van der Waals surface area contributed by atoms with Crippen molar-refractivity contribution < 1.29 is 0 Å². The summed E-state index contributed by atoms with van der Waals surface area (Å²) in [5.74, 6) is 0. The zero-order valence-corrected chi connectivity index (χ0v) is 46.1. The molecule has 0 saturated heterocycles. The molecule has 0 fully saturated rings.